The number of sulfonamides is 1. The van der Waals surface area contributed by atoms with Gasteiger partial charge in [-0.15, -0.1) is 0 Å². The quantitative estimate of drug-likeness (QED) is 0.779. The molecule has 0 rings (SSSR count). The third kappa shape index (κ3) is 7.66. The lowest BCUT2D eigenvalue weighted by atomic mass is 9.94. The zero-order valence-electron chi connectivity index (χ0n) is 10.6. The van der Waals surface area contributed by atoms with Crippen LogP contribution in [0.2, 0.25) is 0 Å². The summed E-state index contributed by atoms with van der Waals surface area (Å²) in [6.45, 7) is 7.90. The number of rotatable bonds is 6. The standard InChI is InChI=1S/C11H22N2O2S/c1-5-10(6-8-12)13-16(14,15)9-7-11(2,3)4/h10,13H,5-7,9H2,1-4H3. The van der Waals surface area contributed by atoms with Crippen molar-refractivity contribution in [1.29, 1.82) is 5.26 Å². The van der Waals surface area contributed by atoms with E-state index in [-0.39, 0.29) is 23.6 Å². The van der Waals surface area contributed by atoms with Gasteiger partial charge in [-0.1, -0.05) is 27.7 Å². The third-order valence-corrected chi connectivity index (χ3v) is 3.73. The number of nitrogens with zero attached hydrogens (tertiary/aromatic N) is 1. The van der Waals surface area contributed by atoms with E-state index >= 15 is 0 Å². The Bertz CT molecular complexity index is 336. The molecule has 94 valence electrons. The van der Waals surface area contributed by atoms with Gasteiger partial charge in [-0.3, -0.25) is 0 Å². The molecule has 0 bridgehead atoms. The number of nitriles is 1. The van der Waals surface area contributed by atoms with Gasteiger partial charge in [0.2, 0.25) is 10.0 Å². The first kappa shape index (κ1) is 15.4. The van der Waals surface area contributed by atoms with Gasteiger partial charge in [0.25, 0.3) is 0 Å². The molecule has 0 aromatic heterocycles. The molecular formula is C11H22N2O2S. The van der Waals surface area contributed by atoms with Crippen LogP contribution in [0.25, 0.3) is 0 Å². The van der Waals surface area contributed by atoms with Crippen molar-refractivity contribution in [2.75, 3.05) is 5.75 Å². The summed E-state index contributed by atoms with van der Waals surface area (Å²) in [5.41, 5.74) is 0.00564. The Morgan fingerprint density at radius 1 is 1.38 bits per heavy atom. The minimum atomic E-state index is -3.25. The maximum Gasteiger partial charge on any atom is 0.211 e. The van der Waals surface area contributed by atoms with E-state index in [0.29, 0.717) is 12.8 Å². The summed E-state index contributed by atoms with van der Waals surface area (Å²) < 4.78 is 26.0. The normalized spacial score (nSPS) is 14.4. The first-order valence-corrected chi connectivity index (χ1v) is 7.22. The Labute approximate surface area is 99.1 Å². The second-order valence-electron chi connectivity index (χ2n) is 5.21. The molecule has 5 heteroatoms. The van der Waals surface area contributed by atoms with Crippen LogP contribution in [-0.2, 0) is 10.0 Å². The highest BCUT2D eigenvalue weighted by Gasteiger charge is 2.20. The van der Waals surface area contributed by atoms with Crippen LogP contribution in [-0.4, -0.2) is 20.2 Å². The van der Waals surface area contributed by atoms with E-state index in [1.807, 2.05) is 33.8 Å². The average Bonchev–Trinajstić information content (AvgIpc) is 2.13. The SMILES string of the molecule is CCC(CC#N)NS(=O)(=O)CCC(C)(C)C. The highest BCUT2D eigenvalue weighted by atomic mass is 32.2. The lowest BCUT2D eigenvalue weighted by Crippen LogP contribution is -2.36. The van der Waals surface area contributed by atoms with Crippen LogP contribution in [0.4, 0.5) is 0 Å². The molecule has 1 atom stereocenters. The summed E-state index contributed by atoms with van der Waals surface area (Å²) in [4.78, 5) is 0. The van der Waals surface area contributed by atoms with Gasteiger partial charge in [0, 0.05) is 6.04 Å². The predicted octanol–water partition coefficient (Wildman–Crippen LogP) is 2.03. The molecule has 4 nitrogen and oxygen atoms in total. The van der Waals surface area contributed by atoms with Gasteiger partial charge in [0.05, 0.1) is 18.2 Å². The van der Waals surface area contributed by atoms with E-state index in [1.165, 1.54) is 0 Å². The Morgan fingerprint density at radius 2 is 1.94 bits per heavy atom. The van der Waals surface area contributed by atoms with Crippen molar-refractivity contribution in [3.8, 4) is 6.07 Å². The maximum atomic E-state index is 11.7. The van der Waals surface area contributed by atoms with Gasteiger partial charge < -0.3 is 0 Å². The molecular weight excluding hydrogens is 224 g/mol. The molecule has 0 heterocycles. The molecule has 1 N–H and O–H groups in total. The van der Waals surface area contributed by atoms with Crippen molar-refractivity contribution in [2.45, 2.75) is 53.0 Å². The van der Waals surface area contributed by atoms with Gasteiger partial charge in [0.1, 0.15) is 0 Å². The Kier molecular flexibility index (Phi) is 5.98. The molecule has 0 saturated heterocycles. The largest absolute Gasteiger partial charge is 0.212 e. The minimum absolute atomic E-state index is 0.00564. The van der Waals surface area contributed by atoms with Crippen molar-refractivity contribution in [3.05, 3.63) is 0 Å². The van der Waals surface area contributed by atoms with E-state index < -0.39 is 10.0 Å². The Morgan fingerprint density at radius 3 is 2.31 bits per heavy atom. The molecule has 0 aliphatic heterocycles. The van der Waals surface area contributed by atoms with Crippen molar-refractivity contribution in [3.63, 3.8) is 0 Å². The van der Waals surface area contributed by atoms with Crippen LogP contribution < -0.4 is 4.72 Å². The first-order valence-electron chi connectivity index (χ1n) is 5.57. The topological polar surface area (TPSA) is 70.0 Å². The van der Waals surface area contributed by atoms with Gasteiger partial charge in [-0.05, 0) is 18.3 Å². The first-order chi connectivity index (χ1) is 7.20. The molecule has 16 heavy (non-hydrogen) atoms. The zero-order valence-corrected chi connectivity index (χ0v) is 11.4. The van der Waals surface area contributed by atoms with Gasteiger partial charge in [0.15, 0.2) is 0 Å². The molecule has 0 aliphatic rings. The van der Waals surface area contributed by atoms with E-state index in [1.54, 1.807) is 0 Å². The van der Waals surface area contributed by atoms with Gasteiger partial charge in [-0.25, -0.2) is 13.1 Å². The fourth-order valence-electron chi connectivity index (χ4n) is 1.13. The Hall–Kier alpha value is -0.600. The van der Waals surface area contributed by atoms with Crippen LogP contribution in [0.5, 0.6) is 0 Å². The summed E-state index contributed by atoms with van der Waals surface area (Å²) in [6.07, 6.45) is 1.48. The zero-order chi connectivity index (χ0) is 12.8. The molecule has 0 aliphatic carbocycles. The summed E-state index contributed by atoms with van der Waals surface area (Å²) in [6, 6.07) is 1.73. The molecule has 0 fully saturated rings. The van der Waals surface area contributed by atoms with Crippen molar-refractivity contribution >= 4 is 10.0 Å². The maximum absolute atomic E-state index is 11.7. The molecule has 0 amide bonds. The van der Waals surface area contributed by atoms with Crippen LogP contribution in [0, 0.1) is 16.7 Å². The summed E-state index contributed by atoms with van der Waals surface area (Å²) >= 11 is 0. The molecule has 1 unspecified atom stereocenters. The van der Waals surface area contributed by atoms with E-state index in [2.05, 4.69) is 4.72 Å². The number of hydrogen-bond acceptors (Lipinski definition) is 3. The smallest absolute Gasteiger partial charge is 0.211 e. The second-order valence-corrected chi connectivity index (χ2v) is 7.09. The van der Waals surface area contributed by atoms with Crippen LogP contribution in [0.15, 0.2) is 0 Å². The lowest BCUT2D eigenvalue weighted by molar-refractivity contribution is 0.395. The van der Waals surface area contributed by atoms with Crippen molar-refractivity contribution in [2.24, 2.45) is 5.41 Å². The average molecular weight is 246 g/mol. The molecule has 0 saturated carbocycles. The molecule has 0 spiro atoms. The predicted molar refractivity (Wildman–Crippen MR) is 65.3 cm³/mol. The van der Waals surface area contributed by atoms with Crippen LogP contribution >= 0.6 is 0 Å². The molecule has 0 radical (unpaired) electrons. The van der Waals surface area contributed by atoms with Crippen molar-refractivity contribution < 1.29 is 8.42 Å². The van der Waals surface area contributed by atoms with Crippen LogP contribution in [0.3, 0.4) is 0 Å². The van der Waals surface area contributed by atoms with Gasteiger partial charge in [-0.2, -0.15) is 5.26 Å². The molecule has 0 aromatic carbocycles. The van der Waals surface area contributed by atoms with Crippen LogP contribution in [0.1, 0.15) is 47.0 Å². The number of nitrogens with one attached hydrogen (secondary N) is 1. The summed E-state index contributed by atoms with van der Waals surface area (Å²) in [5.74, 6) is 0.123. The van der Waals surface area contributed by atoms with E-state index in [9.17, 15) is 8.42 Å². The lowest BCUT2D eigenvalue weighted by Gasteiger charge is -2.19. The van der Waals surface area contributed by atoms with E-state index in [4.69, 9.17) is 5.26 Å². The van der Waals surface area contributed by atoms with Crippen molar-refractivity contribution in [1.82, 2.24) is 4.72 Å². The highest BCUT2D eigenvalue weighted by Crippen LogP contribution is 2.19. The fourth-order valence-corrected chi connectivity index (χ4v) is 2.89. The third-order valence-electron chi connectivity index (χ3n) is 2.30. The number of hydrogen-bond donors (Lipinski definition) is 1. The monoisotopic (exact) mass is 246 g/mol. The highest BCUT2D eigenvalue weighted by molar-refractivity contribution is 7.89. The fraction of sp³-hybridized carbons (Fsp3) is 0.909. The molecule has 0 aromatic rings. The Balaban J connectivity index is 4.30. The van der Waals surface area contributed by atoms with E-state index in [0.717, 1.165) is 0 Å². The van der Waals surface area contributed by atoms with Gasteiger partial charge >= 0.3 is 0 Å². The summed E-state index contributed by atoms with van der Waals surface area (Å²) in [5, 5.41) is 8.54. The minimum Gasteiger partial charge on any atom is -0.212 e. The summed E-state index contributed by atoms with van der Waals surface area (Å²) in [7, 11) is -3.25. The second kappa shape index (κ2) is 6.21.